The van der Waals surface area contributed by atoms with Crippen LogP contribution in [0, 0.1) is 17.8 Å². The van der Waals surface area contributed by atoms with Crippen molar-refractivity contribution in [3.63, 3.8) is 0 Å². The minimum Gasteiger partial charge on any atom is -0.465 e. The summed E-state index contributed by atoms with van der Waals surface area (Å²) in [5, 5.41) is 18.9. The van der Waals surface area contributed by atoms with E-state index in [9.17, 15) is 19.5 Å². The first-order valence-corrected chi connectivity index (χ1v) is 14.3. The summed E-state index contributed by atoms with van der Waals surface area (Å²) < 4.78 is 5.55. The molecule has 2 fully saturated rings. The van der Waals surface area contributed by atoms with Crippen molar-refractivity contribution < 1.29 is 24.2 Å². The smallest absolute Gasteiger partial charge is 0.311 e. The van der Waals surface area contributed by atoms with E-state index in [4.69, 9.17) is 4.74 Å². The zero-order valence-corrected chi connectivity index (χ0v) is 23.1. The van der Waals surface area contributed by atoms with Crippen LogP contribution in [0.2, 0.25) is 0 Å². The summed E-state index contributed by atoms with van der Waals surface area (Å²) in [5.74, 6) is -2.60. The first kappa shape index (κ1) is 26.1. The number of cyclic esters (lactones) is 1. The first-order chi connectivity index (χ1) is 18.7. The average molecular weight is 552 g/mol. The number of rotatable bonds is 5. The lowest BCUT2D eigenvalue weighted by Gasteiger charge is -2.41. The third-order valence-corrected chi connectivity index (χ3v) is 10.4. The monoisotopic (exact) mass is 551 g/mol. The lowest BCUT2D eigenvalue weighted by Crippen LogP contribution is -2.58. The molecule has 6 atom stereocenters. The van der Waals surface area contributed by atoms with Gasteiger partial charge < -0.3 is 19.6 Å². The number of aliphatic hydroxyl groups excluding tert-OH is 1. The van der Waals surface area contributed by atoms with Crippen molar-refractivity contribution in [3.8, 4) is 0 Å². The van der Waals surface area contributed by atoms with Crippen LogP contribution in [0.5, 0.6) is 0 Å². The van der Waals surface area contributed by atoms with Gasteiger partial charge in [0.05, 0.1) is 41.4 Å². The molecular formula is C28H33N5O5S. The molecule has 1 unspecified atom stereocenters. The van der Waals surface area contributed by atoms with Crippen LogP contribution in [0.4, 0.5) is 0 Å². The predicted octanol–water partition coefficient (Wildman–Crippen LogP) is 1.99. The van der Waals surface area contributed by atoms with Crippen molar-refractivity contribution in [1.82, 2.24) is 24.8 Å². The molecule has 2 aromatic rings. The lowest BCUT2D eigenvalue weighted by molar-refractivity contribution is -0.155. The van der Waals surface area contributed by atoms with Gasteiger partial charge in [-0.3, -0.25) is 14.4 Å². The summed E-state index contributed by atoms with van der Waals surface area (Å²) in [5.41, 5.74) is 1.53. The molecule has 5 heterocycles. The molecule has 1 aromatic heterocycles. The van der Waals surface area contributed by atoms with E-state index in [2.05, 4.69) is 10.3 Å². The number of aliphatic hydroxyl groups is 1. The molecule has 39 heavy (non-hydrogen) atoms. The third kappa shape index (κ3) is 3.84. The fourth-order valence-corrected chi connectivity index (χ4v) is 8.90. The van der Waals surface area contributed by atoms with Gasteiger partial charge in [0.2, 0.25) is 11.8 Å². The van der Waals surface area contributed by atoms with E-state index in [1.807, 2.05) is 69.3 Å². The number of hydrogen-bond donors (Lipinski definition) is 1. The van der Waals surface area contributed by atoms with E-state index in [0.717, 1.165) is 11.0 Å². The number of thioether (sulfide) groups is 1. The Labute approximate surface area is 231 Å². The number of likely N-dealkylation sites (tertiary alicyclic amines) is 1. The molecule has 206 valence electrons. The summed E-state index contributed by atoms with van der Waals surface area (Å²) in [7, 11) is 0. The minimum absolute atomic E-state index is 0.108. The highest BCUT2D eigenvalue weighted by Crippen LogP contribution is 2.65. The minimum atomic E-state index is -0.997. The summed E-state index contributed by atoms with van der Waals surface area (Å²) in [6.45, 7) is 6.25. The number of benzene rings is 1. The van der Waals surface area contributed by atoms with Crippen molar-refractivity contribution in [2.24, 2.45) is 17.8 Å². The molecule has 0 aliphatic carbocycles. The second-order valence-corrected chi connectivity index (χ2v) is 13.1. The van der Waals surface area contributed by atoms with Gasteiger partial charge in [0.1, 0.15) is 18.2 Å². The lowest BCUT2D eigenvalue weighted by atomic mass is 9.74. The summed E-state index contributed by atoms with van der Waals surface area (Å²) in [6, 6.07) is 6.06. The van der Waals surface area contributed by atoms with Crippen molar-refractivity contribution in [3.05, 3.63) is 48.6 Å². The van der Waals surface area contributed by atoms with Gasteiger partial charge in [-0.1, -0.05) is 55.5 Å². The quantitative estimate of drug-likeness (QED) is 0.443. The highest BCUT2D eigenvalue weighted by Gasteiger charge is 2.74. The molecule has 10 nitrogen and oxygen atoms in total. The number of fused-ring (bicyclic) bond motifs is 3. The van der Waals surface area contributed by atoms with Crippen LogP contribution in [0.25, 0.3) is 11.0 Å². The number of aromatic nitrogens is 3. The van der Waals surface area contributed by atoms with Gasteiger partial charge >= 0.3 is 5.97 Å². The van der Waals surface area contributed by atoms with Gasteiger partial charge in [-0.15, -0.1) is 16.9 Å². The van der Waals surface area contributed by atoms with E-state index in [1.54, 1.807) is 14.5 Å². The van der Waals surface area contributed by atoms with Crippen LogP contribution in [0.1, 0.15) is 27.2 Å². The highest BCUT2D eigenvalue weighted by molar-refractivity contribution is 8.02. The molecule has 6 rings (SSSR count). The van der Waals surface area contributed by atoms with Crippen LogP contribution in [-0.4, -0.2) is 89.0 Å². The molecule has 2 amide bonds. The second-order valence-electron chi connectivity index (χ2n) is 11.3. The predicted molar refractivity (Wildman–Crippen MR) is 145 cm³/mol. The Morgan fingerprint density at radius 1 is 1.13 bits per heavy atom. The summed E-state index contributed by atoms with van der Waals surface area (Å²) in [6.07, 6.45) is 8.50. The number of carbonyl (C=O) groups is 3. The molecule has 11 heteroatoms. The number of carbonyl (C=O) groups excluding carboxylic acids is 3. The van der Waals surface area contributed by atoms with E-state index in [1.165, 1.54) is 11.8 Å². The topological polar surface area (TPSA) is 118 Å². The van der Waals surface area contributed by atoms with E-state index in [-0.39, 0.29) is 37.6 Å². The standard InChI is InChI=1S/C28H33N5O5S/c1-17(2)20(15-34)33-23-25(36)31(16-32-19-10-5-4-9-18(19)29-30-32)13-8-12-28(23)21(24(33)35)22-26(37)38-14-7-6-11-27(22,3)39-28/h4-6,8-12,17,20-23,34H,7,13-16H2,1-3H3/t20-,21-,22+,23?,27-,28-/m0/s1. The highest BCUT2D eigenvalue weighted by atomic mass is 32.2. The number of hydrogen-bond acceptors (Lipinski definition) is 8. The van der Waals surface area contributed by atoms with E-state index in [0.29, 0.717) is 13.0 Å². The number of ether oxygens (including phenoxy) is 1. The van der Waals surface area contributed by atoms with Gasteiger partial charge in [0.25, 0.3) is 0 Å². The summed E-state index contributed by atoms with van der Waals surface area (Å²) >= 11 is 1.50. The molecule has 0 radical (unpaired) electrons. The fourth-order valence-electron chi connectivity index (χ4n) is 6.76. The Hall–Kier alpha value is -3.18. The molecule has 1 N–H and O–H groups in total. The normalized spacial score (nSPS) is 33.1. The van der Waals surface area contributed by atoms with Crippen LogP contribution in [-0.2, 0) is 25.8 Å². The molecular weight excluding hydrogens is 518 g/mol. The van der Waals surface area contributed by atoms with Gasteiger partial charge in [-0.05, 0) is 31.4 Å². The van der Waals surface area contributed by atoms with Gasteiger partial charge in [-0.2, -0.15) is 0 Å². The largest absolute Gasteiger partial charge is 0.465 e. The molecule has 0 bridgehead atoms. The maximum Gasteiger partial charge on any atom is 0.311 e. The Bertz CT molecular complexity index is 1390. The average Bonchev–Trinajstić information content (AvgIpc) is 3.45. The van der Waals surface area contributed by atoms with E-state index >= 15 is 0 Å². The molecule has 2 saturated heterocycles. The first-order valence-electron chi connectivity index (χ1n) is 13.4. The molecule has 1 aromatic carbocycles. The fraction of sp³-hybridized carbons (Fsp3) is 0.536. The Balaban J connectivity index is 1.47. The number of nitrogens with zero attached hydrogens (tertiary/aromatic N) is 5. The maximum absolute atomic E-state index is 14.6. The Morgan fingerprint density at radius 3 is 2.69 bits per heavy atom. The Morgan fingerprint density at radius 2 is 1.92 bits per heavy atom. The number of para-hydroxylation sites is 1. The van der Waals surface area contributed by atoms with Crippen molar-refractivity contribution in [1.29, 1.82) is 0 Å². The van der Waals surface area contributed by atoms with Crippen molar-refractivity contribution >= 4 is 40.6 Å². The zero-order chi connectivity index (χ0) is 27.5. The van der Waals surface area contributed by atoms with Gasteiger partial charge in [0.15, 0.2) is 0 Å². The number of amides is 2. The molecule has 4 aliphatic rings. The van der Waals surface area contributed by atoms with Crippen LogP contribution >= 0.6 is 11.8 Å². The van der Waals surface area contributed by atoms with Crippen molar-refractivity contribution in [2.45, 2.75) is 55.4 Å². The zero-order valence-electron chi connectivity index (χ0n) is 22.3. The van der Waals surface area contributed by atoms with E-state index < -0.39 is 39.4 Å². The second kappa shape index (κ2) is 9.48. The number of esters is 1. The SMILES string of the molecule is CC(C)[C@H](CO)N1C(=O)[C@@H]2[C@@H]3C(=O)OCCC=C[C@]3(C)S[C@@]23C=CCN(Cn2nnc4ccccc42)C(=O)C13. The third-order valence-electron chi connectivity index (χ3n) is 8.58. The van der Waals surface area contributed by atoms with Crippen LogP contribution in [0.3, 0.4) is 0 Å². The van der Waals surface area contributed by atoms with Crippen molar-refractivity contribution in [2.75, 3.05) is 19.8 Å². The molecule has 1 spiro atoms. The molecule has 4 aliphatic heterocycles. The van der Waals surface area contributed by atoms with Crippen LogP contribution < -0.4 is 0 Å². The Kier molecular flexibility index (Phi) is 6.33. The van der Waals surface area contributed by atoms with Gasteiger partial charge in [-0.25, -0.2) is 4.68 Å². The molecule has 0 saturated carbocycles. The summed E-state index contributed by atoms with van der Waals surface area (Å²) in [4.78, 5) is 45.6. The maximum atomic E-state index is 14.6. The van der Waals surface area contributed by atoms with Gasteiger partial charge in [0, 0.05) is 11.3 Å². The van der Waals surface area contributed by atoms with Crippen LogP contribution in [0.15, 0.2) is 48.6 Å².